The number of rotatable bonds is 5. The number of nitrogens with one attached hydrogen (secondary N) is 2. The smallest absolute Gasteiger partial charge is 0.130 e. The molecule has 4 rings (SSSR count). The van der Waals surface area contributed by atoms with Gasteiger partial charge < -0.3 is 20.1 Å². The van der Waals surface area contributed by atoms with Crippen LogP contribution in [0.25, 0.3) is 10.8 Å². The van der Waals surface area contributed by atoms with Crippen LogP contribution in [0, 0.1) is 0 Å². The first-order valence-electron chi connectivity index (χ1n) is 9.46. The molecule has 140 valence electrons. The third-order valence-corrected chi connectivity index (χ3v) is 4.88. The minimum Gasteiger partial charge on any atom is -0.497 e. The molecule has 1 saturated heterocycles. The Kier molecular flexibility index (Phi) is 5.39. The summed E-state index contributed by atoms with van der Waals surface area (Å²) in [6.45, 7) is 2.05. The Morgan fingerprint density at radius 1 is 1.11 bits per heavy atom. The molecule has 0 saturated carbocycles. The molecule has 1 fully saturated rings. The number of hydrogen-bond acceptors (Lipinski definition) is 5. The van der Waals surface area contributed by atoms with E-state index in [-0.39, 0.29) is 0 Å². The summed E-state index contributed by atoms with van der Waals surface area (Å²) in [6.07, 6.45) is 13.2. The second kappa shape index (κ2) is 8.27. The molecule has 1 aliphatic carbocycles. The maximum Gasteiger partial charge on any atom is 0.130 e. The van der Waals surface area contributed by atoms with Crippen molar-refractivity contribution in [3.8, 4) is 5.75 Å². The molecule has 0 spiro atoms. The molecular formula is C22H25N3O2. The lowest BCUT2D eigenvalue weighted by Crippen LogP contribution is -2.34. The highest BCUT2D eigenvalue weighted by Crippen LogP contribution is 2.25. The molecule has 0 unspecified atom stereocenters. The third-order valence-electron chi connectivity index (χ3n) is 4.88. The standard InChI is InChI=1S/C22H25N3O2/c1-26-19-4-2-3-18(6-8-19)25-22-14-17-13-21(7-5-16(17)15-24-22)27-20-9-11-23-12-10-20/h2,4-8,13-15,20,23H,3,9-12H2,1H3,(H,24,25). The second-order valence-electron chi connectivity index (χ2n) is 6.84. The average Bonchev–Trinajstić information content (AvgIpc) is 2.93. The van der Waals surface area contributed by atoms with Crippen molar-refractivity contribution in [1.29, 1.82) is 0 Å². The lowest BCUT2D eigenvalue weighted by atomic mass is 10.1. The monoisotopic (exact) mass is 363 g/mol. The zero-order chi connectivity index (χ0) is 18.5. The van der Waals surface area contributed by atoms with Gasteiger partial charge in [0.2, 0.25) is 0 Å². The minimum absolute atomic E-state index is 0.299. The third kappa shape index (κ3) is 4.49. The van der Waals surface area contributed by atoms with Crippen molar-refractivity contribution in [2.45, 2.75) is 25.4 Å². The van der Waals surface area contributed by atoms with Crippen LogP contribution < -0.4 is 15.4 Å². The van der Waals surface area contributed by atoms with E-state index in [1.54, 1.807) is 7.11 Å². The van der Waals surface area contributed by atoms with Gasteiger partial charge in [-0.15, -0.1) is 0 Å². The number of ether oxygens (including phenoxy) is 2. The van der Waals surface area contributed by atoms with Crippen LogP contribution in [0.3, 0.4) is 0 Å². The number of pyridine rings is 1. The van der Waals surface area contributed by atoms with E-state index in [9.17, 15) is 0 Å². The number of aromatic nitrogens is 1. The maximum absolute atomic E-state index is 6.17. The highest BCUT2D eigenvalue weighted by atomic mass is 16.5. The first-order valence-corrected chi connectivity index (χ1v) is 9.46. The molecule has 0 bridgehead atoms. The molecule has 27 heavy (non-hydrogen) atoms. The van der Waals surface area contributed by atoms with Crippen molar-refractivity contribution < 1.29 is 9.47 Å². The Hall–Kier alpha value is -2.79. The fourth-order valence-corrected chi connectivity index (χ4v) is 3.37. The van der Waals surface area contributed by atoms with E-state index in [0.717, 1.165) is 66.1 Å². The highest BCUT2D eigenvalue weighted by molar-refractivity contribution is 5.85. The molecule has 5 nitrogen and oxygen atoms in total. The molecule has 0 atom stereocenters. The van der Waals surface area contributed by atoms with Gasteiger partial charge in [0.1, 0.15) is 23.4 Å². The molecule has 0 amide bonds. The predicted octanol–water partition coefficient (Wildman–Crippen LogP) is 4.15. The predicted molar refractivity (Wildman–Crippen MR) is 109 cm³/mol. The van der Waals surface area contributed by atoms with Gasteiger partial charge in [-0.1, -0.05) is 6.08 Å². The summed E-state index contributed by atoms with van der Waals surface area (Å²) in [7, 11) is 1.68. The van der Waals surface area contributed by atoms with Crippen molar-refractivity contribution in [2.24, 2.45) is 0 Å². The summed E-state index contributed by atoms with van der Waals surface area (Å²) in [4.78, 5) is 4.54. The number of hydrogen-bond donors (Lipinski definition) is 2. The summed E-state index contributed by atoms with van der Waals surface area (Å²) in [5.74, 6) is 2.60. The molecule has 1 aliphatic heterocycles. The van der Waals surface area contributed by atoms with E-state index in [1.165, 1.54) is 0 Å². The summed E-state index contributed by atoms with van der Waals surface area (Å²) < 4.78 is 11.4. The van der Waals surface area contributed by atoms with E-state index in [1.807, 2.05) is 30.5 Å². The summed E-state index contributed by atoms with van der Waals surface area (Å²) in [5, 5.41) is 9.00. The van der Waals surface area contributed by atoms with Crippen molar-refractivity contribution in [2.75, 3.05) is 25.5 Å². The maximum atomic E-state index is 6.17. The highest BCUT2D eigenvalue weighted by Gasteiger charge is 2.14. The van der Waals surface area contributed by atoms with Crippen LogP contribution in [0.15, 0.2) is 66.2 Å². The fraction of sp³-hybridized carbons (Fsp3) is 0.318. The van der Waals surface area contributed by atoms with E-state index in [2.05, 4.69) is 39.9 Å². The van der Waals surface area contributed by atoms with Crippen molar-refractivity contribution in [3.63, 3.8) is 0 Å². The number of nitrogens with zero attached hydrogens (tertiary/aromatic N) is 1. The van der Waals surface area contributed by atoms with Crippen LogP contribution in [0.1, 0.15) is 19.3 Å². The van der Waals surface area contributed by atoms with Crippen LogP contribution in [0.4, 0.5) is 5.82 Å². The number of anilines is 1. The SMILES string of the molecule is COC1=CC=C(Nc2cc3cc(OC4CCNCC4)ccc3cn2)CC=C1. The van der Waals surface area contributed by atoms with Gasteiger partial charge in [0.25, 0.3) is 0 Å². The lowest BCUT2D eigenvalue weighted by molar-refractivity contribution is 0.162. The number of piperidine rings is 1. The molecule has 2 aromatic rings. The molecule has 1 aromatic carbocycles. The van der Waals surface area contributed by atoms with Crippen LogP contribution in [-0.2, 0) is 4.74 Å². The number of methoxy groups -OCH3 is 1. The second-order valence-corrected chi connectivity index (χ2v) is 6.84. The zero-order valence-electron chi connectivity index (χ0n) is 15.6. The van der Waals surface area contributed by atoms with Crippen LogP contribution in [0.5, 0.6) is 5.75 Å². The quantitative estimate of drug-likeness (QED) is 0.836. The lowest BCUT2D eigenvalue weighted by Gasteiger charge is -2.24. The Morgan fingerprint density at radius 2 is 2.00 bits per heavy atom. The van der Waals surface area contributed by atoms with Gasteiger partial charge in [-0.2, -0.15) is 0 Å². The normalized spacial score (nSPS) is 17.8. The zero-order valence-corrected chi connectivity index (χ0v) is 15.6. The number of benzene rings is 1. The molecule has 1 aromatic heterocycles. The van der Waals surface area contributed by atoms with Gasteiger partial charge in [-0.3, -0.25) is 0 Å². The topological polar surface area (TPSA) is 55.4 Å². The molecule has 5 heteroatoms. The molecule has 2 heterocycles. The van der Waals surface area contributed by atoms with Crippen LogP contribution in [0.2, 0.25) is 0 Å². The summed E-state index contributed by atoms with van der Waals surface area (Å²) >= 11 is 0. The van der Waals surface area contributed by atoms with E-state index in [0.29, 0.717) is 6.10 Å². The first kappa shape index (κ1) is 17.6. The van der Waals surface area contributed by atoms with Gasteiger partial charge in [0.05, 0.1) is 7.11 Å². The minimum atomic E-state index is 0.299. The van der Waals surface area contributed by atoms with E-state index >= 15 is 0 Å². The fourth-order valence-electron chi connectivity index (χ4n) is 3.37. The van der Waals surface area contributed by atoms with Crippen LogP contribution in [-0.4, -0.2) is 31.3 Å². The molecular weight excluding hydrogens is 338 g/mol. The van der Waals surface area contributed by atoms with Gasteiger partial charge in [-0.25, -0.2) is 4.98 Å². The van der Waals surface area contributed by atoms with Crippen molar-refractivity contribution in [1.82, 2.24) is 10.3 Å². The molecule has 0 radical (unpaired) electrons. The van der Waals surface area contributed by atoms with E-state index < -0.39 is 0 Å². The Morgan fingerprint density at radius 3 is 2.85 bits per heavy atom. The number of allylic oxidation sites excluding steroid dienone is 4. The summed E-state index contributed by atoms with van der Waals surface area (Å²) in [6, 6.07) is 8.29. The Bertz CT molecular complexity index is 896. The first-order chi connectivity index (χ1) is 13.3. The van der Waals surface area contributed by atoms with Gasteiger partial charge in [0, 0.05) is 23.7 Å². The summed E-state index contributed by atoms with van der Waals surface area (Å²) in [5.41, 5.74) is 1.08. The van der Waals surface area contributed by atoms with Gasteiger partial charge in [0.15, 0.2) is 0 Å². The molecule has 2 aliphatic rings. The van der Waals surface area contributed by atoms with Crippen molar-refractivity contribution in [3.05, 3.63) is 66.2 Å². The Labute approximate surface area is 159 Å². The van der Waals surface area contributed by atoms with Crippen molar-refractivity contribution >= 4 is 16.6 Å². The van der Waals surface area contributed by atoms with Gasteiger partial charge in [-0.05, 0) is 73.8 Å². The van der Waals surface area contributed by atoms with E-state index in [4.69, 9.17) is 9.47 Å². The van der Waals surface area contributed by atoms with Gasteiger partial charge >= 0.3 is 0 Å². The molecule has 2 N–H and O–H groups in total. The Balaban J connectivity index is 1.51. The van der Waals surface area contributed by atoms with Crippen LogP contribution >= 0.6 is 0 Å². The largest absolute Gasteiger partial charge is 0.497 e. The number of fused-ring (bicyclic) bond motifs is 1. The average molecular weight is 363 g/mol.